The van der Waals surface area contributed by atoms with Crippen LogP contribution in [0.5, 0.6) is 0 Å². The maximum absolute atomic E-state index is 11.4. The average Bonchev–Trinajstić information content (AvgIpc) is 2.45. The van der Waals surface area contributed by atoms with Crippen molar-refractivity contribution in [3.05, 3.63) is 48.2 Å². The third-order valence-corrected chi connectivity index (χ3v) is 2.30. The highest BCUT2D eigenvalue weighted by Crippen LogP contribution is 2.06. The van der Waals surface area contributed by atoms with Gasteiger partial charge in [0.25, 0.3) is 5.91 Å². The minimum absolute atomic E-state index is 0.207. The van der Waals surface area contributed by atoms with Crippen molar-refractivity contribution in [1.29, 1.82) is 0 Å². The molecule has 0 spiro atoms. The molecule has 0 saturated carbocycles. The highest BCUT2D eigenvalue weighted by Gasteiger charge is 2.05. The van der Waals surface area contributed by atoms with Crippen LogP contribution in [0.2, 0.25) is 0 Å². The molecule has 6 nitrogen and oxygen atoms in total. The van der Waals surface area contributed by atoms with Crippen LogP contribution in [-0.2, 0) is 6.54 Å². The summed E-state index contributed by atoms with van der Waals surface area (Å²) in [7, 11) is 1.57. The predicted octanol–water partition coefficient (Wildman–Crippen LogP) is 0.843. The van der Waals surface area contributed by atoms with Crippen LogP contribution in [0.3, 0.4) is 0 Å². The van der Waals surface area contributed by atoms with Crippen LogP contribution in [0.1, 0.15) is 16.1 Å². The number of hydrogen-bond donors (Lipinski definition) is 2. The third-order valence-electron chi connectivity index (χ3n) is 2.30. The molecule has 2 aromatic rings. The number of anilines is 1. The van der Waals surface area contributed by atoms with Gasteiger partial charge >= 0.3 is 0 Å². The molecule has 92 valence electrons. The molecule has 18 heavy (non-hydrogen) atoms. The van der Waals surface area contributed by atoms with Gasteiger partial charge in [0, 0.05) is 31.5 Å². The third kappa shape index (κ3) is 3.00. The van der Waals surface area contributed by atoms with Crippen molar-refractivity contribution >= 4 is 11.7 Å². The SMILES string of the molecule is CNC(=O)c1cccc(NCc2cncnc2)n1. The minimum atomic E-state index is -0.207. The lowest BCUT2D eigenvalue weighted by molar-refractivity contribution is 0.0958. The molecule has 2 aromatic heterocycles. The van der Waals surface area contributed by atoms with Crippen molar-refractivity contribution in [3.8, 4) is 0 Å². The minimum Gasteiger partial charge on any atom is -0.366 e. The molecule has 0 aliphatic carbocycles. The fourth-order valence-electron chi connectivity index (χ4n) is 1.40. The van der Waals surface area contributed by atoms with Gasteiger partial charge < -0.3 is 10.6 Å². The summed E-state index contributed by atoms with van der Waals surface area (Å²) in [4.78, 5) is 23.5. The summed E-state index contributed by atoms with van der Waals surface area (Å²) < 4.78 is 0. The van der Waals surface area contributed by atoms with Gasteiger partial charge in [0.1, 0.15) is 17.8 Å². The Balaban J connectivity index is 2.04. The number of rotatable bonds is 4. The van der Waals surface area contributed by atoms with Crippen LogP contribution in [0.15, 0.2) is 36.9 Å². The molecular formula is C12H13N5O. The van der Waals surface area contributed by atoms with E-state index in [2.05, 4.69) is 25.6 Å². The molecule has 0 unspecified atom stereocenters. The summed E-state index contributed by atoms with van der Waals surface area (Å²) in [6.07, 6.45) is 4.93. The zero-order valence-electron chi connectivity index (χ0n) is 9.92. The molecule has 2 heterocycles. The molecule has 0 bridgehead atoms. The smallest absolute Gasteiger partial charge is 0.269 e. The van der Waals surface area contributed by atoms with Crippen molar-refractivity contribution in [2.75, 3.05) is 12.4 Å². The zero-order valence-corrected chi connectivity index (χ0v) is 9.92. The van der Waals surface area contributed by atoms with E-state index in [0.717, 1.165) is 5.56 Å². The van der Waals surface area contributed by atoms with Crippen molar-refractivity contribution in [2.45, 2.75) is 6.54 Å². The summed E-state index contributed by atoms with van der Waals surface area (Å²) in [5, 5.41) is 5.64. The maximum Gasteiger partial charge on any atom is 0.269 e. The first-order chi connectivity index (χ1) is 8.79. The van der Waals surface area contributed by atoms with E-state index in [9.17, 15) is 4.79 Å². The van der Waals surface area contributed by atoms with Crippen molar-refractivity contribution in [3.63, 3.8) is 0 Å². The van der Waals surface area contributed by atoms with Crippen LogP contribution in [0.4, 0.5) is 5.82 Å². The molecule has 2 rings (SSSR count). The lowest BCUT2D eigenvalue weighted by Gasteiger charge is -2.06. The second kappa shape index (κ2) is 5.72. The van der Waals surface area contributed by atoms with Crippen molar-refractivity contribution in [2.24, 2.45) is 0 Å². The first-order valence-corrected chi connectivity index (χ1v) is 5.46. The van der Waals surface area contributed by atoms with Crippen molar-refractivity contribution < 1.29 is 4.79 Å². The van der Waals surface area contributed by atoms with E-state index in [4.69, 9.17) is 0 Å². The molecule has 0 aliphatic rings. The highest BCUT2D eigenvalue weighted by atomic mass is 16.1. The maximum atomic E-state index is 11.4. The van der Waals surface area contributed by atoms with E-state index in [1.165, 1.54) is 6.33 Å². The number of amides is 1. The van der Waals surface area contributed by atoms with Crippen LogP contribution >= 0.6 is 0 Å². The summed E-state index contributed by atoms with van der Waals surface area (Å²) in [6.45, 7) is 0.561. The first-order valence-electron chi connectivity index (χ1n) is 5.46. The average molecular weight is 243 g/mol. The second-order valence-corrected chi connectivity index (χ2v) is 3.59. The summed E-state index contributed by atoms with van der Waals surface area (Å²) in [5.41, 5.74) is 1.33. The number of carbonyl (C=O) groups excluding carboxylic acids is 1. The topological polar surface area (TPSA) is 79.8 Å². The number of nitrogens with zero attached hydrogens (tertiary/aromatic N) is 3. The Bertz CT molecular complexity index is 529. The summed E-state index contributed by atoms with van der Waals surface area (Å²) in [5.74, 6) is 0.432. The van der Waals surface area contributed by atoms with Gasteiger partial charge in [-0.25, -0.2) is 15.0 Å². The molecule has 1 amide bonds. The quantitative estimate of drug-likeness (QED) is 0.832. The van der Waals surface area contributed by atoms with Crippen LogP contribution in [0, 0.1) is 0 Å². The molecule has 0 aliphatic heterocycles. The number of aromatic nitrogens is 3. The summed E-state index contributed by atoms with van der Waals surface area (Å²) >= 11 is 0. The van der Waals surface area contributed by atoms with Gasteiger partial charge in [-0.3, -0.25) is 4.79 Å². The van der Waals surface area contributed by atoms with Crippen LogP contribution in [-0.4, -0.2) is 27.9 Å². The Labute approximate surface area is 105 Å². The number of carbonyl (C=O) groups is 1. The van der Waals surface area contributed by atoms with E-state index >= 15 is 0 Å². The molecule has 0 aromatic carbocycles. The molecule has 6 heteroatoms. The molecule has 0 saturated heterocycles. The second-order valence-electron chi connectivity index (χ2n) is 3.59. The van der Waals surface area contributed by atoms with Gasteiger partial charge in [-0.05, 0) is 12.1 Å². The van der Waals surface area contributed by atoms with E-state index < -0.39 is 0 Å². The highest BCUT2D eigenvalue weighted by molar-refractivity contribution is 5.92. The lowest BCUT2D eigenvalue weighted by Crippen LogP contribution is -2.19. The Kier molecular flexibility index (Phi) is 3.80. The Morgan fingerprint density at radius 1 is 1.28 bits per heavy atom. The normalized spacial score (nSPS) is 9.83. The van der Waals surface area contributed by atoms with Gasteiger partial charge in [-0.15, -0.1) is 0 Å². The van der Waals surface area contributed by atoms with E-state index in [0.29, 0.717) is 18.1 Å². The number of nitrogens with one attached hydrogen (secondary N) is 2. The van der Waals surface area contributed by atoms with Gasteiger partial charge in [-0.1, -0.05) is 6.07 Å². The molecule has 2 N–H and O–H groups in total. The lowest BCUT2D eigenvalue weighted by atomic mass is 10.3. The van der Waals surface area contributed by atoms with E-state index in [-0.39, 0.29) is 5.91 Å². The van der Waals surface area contributed by atoms with Gasteiger partial charge in [0.2, 0.25) is 0 Å². The van der Waals surface area contributed by atoms with Gasteiger partial charge in [0.05, 0.1) is 0 Å². The van der Waals surface area contributed by atoms with Crippen LogP contribution in [0.25, 0.3) is 0 Å². The fourth-order valence-corrected chi connectivity index (χ4v) is 1.40. The Hall–Kier alpha value is -2.50. The molecule has 0 fully saturated rings. The predicted molar refractivity (Wildman–Crippen MR) is 67.0 cm³/mol. The van der Waals surface area contributed by atoms with E-state index in [1.54, 1.807) is 37.6 Å². The fraction of sp³-hybridized carbons (Fsp3) is 0.167. The zero-order chi connectivity index (χ0) is 12.8. The monoisotopic (exact) mass is 243 g/mol. The number of hydrogen-bond acceptors (Lipinski definition) is 5. The van der Waals surface area contributed by atoms with Gasteiger partial charge in [-0.2, -0.15) is 0 Å². The van der Waals surface area contributed by atoms with E-state index in [1.807, 2.05) is 0 Å². The Morgan fingerprint density at radius 2 is 2.06 bits per heavy atom. The largest absolute Gasteiger partial charge is 0.366 e. The molecule has 0 atom stereocenters. The van der Waals surface area contributed by atoms with Gasteiger partial charge in [0.15, 0.2) is 0 Å². The first kappa shape index (κ1) is 12.0. The summed E-state index contributed by atoms with van der Waals surface area (Å²) in [6, 6.07) is 5.24. The van der Waals surface area contributed by atoms with Crippen molar-refractivity contribution in [1.82, 2.24) is 20.3 Å². The van der Waals surface area contributed by atoms with Crippen LogP contribution < -0.4 is 10.6 Å². The number of pyridine rings is 1. The molecule has 0 radical (unpaired) electrons. The standard InChI is InChI=1S/C12H13N5O/c1-13-12(18)10-3-2-4-11(17-10)16-7-9-5-14-8-15-6-9/h2-6,8H,7H2,1H3,(H,13,18)(H,16,17). The Morgan fingerprint density at radius 3 is 2.78 bits per heavy atom. The molecular weight excluding hydrogens is 230 g/mol.